The van der Waals surface area contributed by atoms with Crippen LogP contribution in [0.1, 0.15) is 6.42 Å². The molecule has 0 saturated carbocycles. The molecule has 1 rings (SSSR count). The number of hydrogen-bond acceptors (Lipinski definition) is 3. The normalized spacial score (nSPS) is 12.5. The van der Waals surface area contributed by atoms with Gasteiger partial charge in [-0.1, -0.05) is 15.9 Å². The van der Waals surface area contributed by atoms with Gasteiger partial charge in [-0.3, -0.25) is 0 Å². The maximum atomic E-state index is 5.60. The quantitative estimate of drug-likeness (QED) is 0.747. The minimum atomic E-state index is -0.258. The first-order chi connectivity index (χ1) is 7.26. The zero-order valence-corrected chi connectivity index (χ0v) is 10.5. The third-order valence-corrected chi connectivity index (χ3v) is 2.43. The molecule has 1 atom stereocenters. The minimum absolute atomic E-state index is 0.258. The summed E-state index contributed by atoms with van der Waals surface area (Å²) in [4.78, 5) is 0. The third-order valence-electron chi connectivity index (χ3n) is 1.90. The van der Waals surface area contributed by atoms with Gasteiger partial charge in [0.2, 0.25) is 6.29 Å². The van der Waals surface area contributed by atoms with E-state index < -0.39 is 0 Å². The fourth-order valence-corrected chi connectivity index (χ4v) is 1.37. The van der Waals surface area contributed by atoms with Crippen LogP contribution in [0.15, 0.2) is 28.7 Å². The summed E-state index contributed by atoms with van der Waals surface area (Å²) in [6.45, 7) is 0.620. The van der Waals surface area contributed by atoms with E-state index >= 15 is 0 Å². The second-order valence-corrected chi connectivity index (χ2v) is 3.93. The van der Waals surface area contributed by atoms with Crippen molar-refractivity contribution in [1.82, 2.24) is 0 Å². The van der Waals surface area contributed by atoms with Crippen LogP contribution < -0.4 is 4.74 Å². The average molecular weight is 275 g/mol. The maximum Gasteiger partial charge on any atom is 0.201 e. The Morgan fingerprint density at radius 1 is 1.20 bits per heavy atom. The Kier molecular flexibility index (Phi) is 5.68. The van der Waals surface area contributed by atoms with Crippen LogP contribution in [0.2, 0.25) is 0 Å². The Morgan fingerprint density at radius 2 is 1.87 bits per heavy atom. The van der Waals surface area contributed by atoms with Crippen LogP contribution in [0.3, 0.4) is 0 Å². The number of halogens is 1. The van der Waals surface area contributed by atoms with E-state index in [1.54, 1.807) is 14.2 Å². The first kappa shape index (κ1) is 12.5. The standard InChI is InChI=1S/C11H15BrO3/c1-13-8-7-11(14-2)15-10-5-3-9(12)4-6-10/h3-6,11H,7-8H2,1-2H3. The Hall–Kier alpha value is -0.580. The van der Waals surface area contributed by atoms with Crippen molar-refractivity contribution in [2.24, 2.45) is 0 Å². The van der Waals surface area contributed by atoms with Crippen molar-refractivity contribution in [2.75, 3.05) is 20.8 Å². The molecule has 0 amide bonds. The van der Waals surface area contributed by atoms with E-state index in [2.05, 4.69) is 15.9 Å². The molecule has 0 aliphatic rings. The minimum Gasteiger partial charge on any atom is -0.465 e. The van der Waals surface area contributed by atoms with E-state index in [-0.39, 0.29) is 6.29 Å². The molecule has 0 saturated heterocycles. The summed E-state index contributed by atoms with van der Waals surface area (Å²) in [5.41, 5.74) is 0. The number of methoxy groups -OCH3 is 2. The lowest BCUT2D eigenvalue weighted by molar-refractivity contribution is -0.0685. The SMILES string of the molecule is COCCC(OC)Oc1ccc(Br)cc1. The highest BCUT2D eigenvalue weighted by molar-refractivity contribution is 9.10. The van der Waals surface area contributed by atoms with Crippen LogP contribution in [-0.2, 0) is 9.47 Å². The molecule has 0 fully saturated rings. The Balaban J connectivity index is 2.47. The van der Waals surface area contributed by atoms with E-state index in [1.807, 2.05) is 24.3 Å². The number of ether oxygens (including phenoxy) is 3. The average Bonchev–Trinajstić information content (AvgIpc) is 2.27. The summed E-state index contributed by atoms with van der Waals surface area (Å²) in [7, 11) is 3.28. The molecule has 4 heteroatoms. The second-order valence-electron chi connectivity index (χ2n) is 3.02. The highest BCUT2D eigenvalue weighted by Crippen LogP contribution is 2.18. The highest BCUT2D eigenvalue weighted by atomic mass is 79.9. The zero-order valence-electron chi connectivity index (χ0n) is 8.90. The summed E-state index contributed by atoms with van der Waals surface area (Å²) in [5.74, 6) is 0.793. The lowest BCUT2D eigenvalue weighted by atomic mass is 10.3. The van der Waals surface area contributed by atoms with E-state index in [1.165, 1.54) is 0 Å². The van der Waals surface area contributed by atoms with Crippen molar-refractivity contribution >= 4 is 15.9 Å². The fraction of sp³-hybridized carbons (Fsp3) is 0.455. The van der Waals surface area contributed by atoms with Crippen molar-refractivity contribution in [2.45, 2.75) is 12.7 Å². The molecule has 0 aromatic heterocycles. The molecule has 3 nitrogen and oxygen atoms in total. The Labute approximate surface area is 98.5 Å². The van der Waals surface area contributed by atoms with Crippen molar-refractivity contribution in [3.63, 3.8) is 0 Å². The van der Waals surface area contributed by atoms with Gasteiger partial charge < -0.3 is 14.2 Å². The van der Waals surface area contributed by atoms with Gasteiger partial charge in [-0.25, -0.2) is 0 Å². The van der Waals surface area contributed by atoms with Gasteiger partial charge >= 0.3 is 0 Å². The van der Waals surface area contributed by atoms with Crippen LogP contribution >= 0.6 is 15.9 Å². The number of rotatable bonds is 6. The summed E-state index contributed by atoms with van der Waals surface area (Å²) in [5, 5.41) is 0. The summed E-state index contributed by atoms with van der Waals surface area (Å²) < 4.78 is 16.8. The molecule has 0 radical (unpaired) electrons. The van der Waals surface area contributed by atoms with Crippen LogP contribution in [0.5, 0.6) is 5.75 Å². The molecule has 0 aliphatic heterocycles. The van der Waals surface area contributed by atoms with Crippen LogP contribution in [0.4, 0.5) is 0 Å². The maximum absolute atomic E-state index is 5.60. The third kappa shape index (κ3) is 4.64. The van der Waals surface area contributed by atoms with Crippen LogP contribution in [0, 0.1) is 0 Å². The number of hydrogen-bond donors (Lipinski definition) is 0. The Morgan fingerprint density at radius 3 is 2.40 bits per heavy atom. The van der Waals surface area contributed by atoms with Gasteiger partial charge in [0, 0.05) is 25.1 Å². The van der Waals surface area contributed by atoms with Crippen molar-refractivity contribution in [1.29, 1.82) is 0 Å². The van der Waals surface area contributed by atoms with E-state index in [9.17, 15) is 0 Å². The zero-order chi connectivity index (χ0) is 11.1. The van der Waals surface area contributed by atoms with Gasteiger partial charge in [0.25, 0.3) is 0 Å². The topological polar surface area (TPSA) is 27.7 Å². The van der Waals surface area contributed by atoms with Gasteiger partial charge in [-0.2, -0.15) is 0 Å². The van der Waals surface area contributed by atoms with Crippen LogP contribution in [0.25, 0.3) is 0 Å². The molecule has 0 N–H and O–H groups in total. The molecule has 0 bridgehead atoms. The molecule has 0 heterocycles. The van der Waals surface area contributed by atoms with Crippen molar-refractivity contribution in [3.8, 4) is 5.75 Å². The largest absolute Gasteiger partial charge is 0.465 e. The summed E-state index contributed by atoms with van der Waals surface area (Å²) in [6.07, 6.45) is 0.453. The highest BCUT2D eigenvalue weighted by Gasteiger charge is 2.08. The lowest BCUT2D eigenvalue weighted by Crippen LogP contribution is -2.20. The first-order valence-corrected chi connectivity index (χ1v) is 5.49. The predicted molar refractivity (Wildman–Crippen MR) is 62.1 cm³/mol. The van der Waals surface area contributed by atoms with E-state index in [0.29, 0.717) is 13.0 Å². The van der Waals surface area contributed by atoms with Crippen molar-refractivity contribution in [3.05, 3.63) is 28.7 Å². The summed E-state index contributed by atoms with van der Waals surface area (Å²) in [6, 6.07) is 7.64. The van der Waals surface area contributed by atoms with Crippen molar-refractivity contribution < 1.29 is 14.2 Å². The molecular weight excluding hydrogens is 260 g/mol. The molecule has 1 unspecified atom stereocenters. The first-order valence-electron chi connectivity index (χ1n) is 4.70. The molecule has 15 heavy (non-hydrogen) atoms. The van der Waals surface area contributed by atoms with Gasteiger partial charge in [0.05, 0.1) is 6.61 Å². The van der Waals surface area contributed by atoms with E-state index in [0.717, 1.165) is 10.2 Å². The smallest absolute Gasteiger partial charge is 0.201 e. The molecular formula is C11H15BrO3. The second kappa shape index (κ2) is 6.82. The Bertz CT molecular complexity index is 274. The molecule has 1 aromatic carbocycles. The van der Waals surface area contributed by atoms with Gasteiger partial charge in [0.1, 0.15) is 5.75 Å². The molecule has 84 valence electrons. The predicted octanol–water partition coefficient (Wildman–Crippen LogP) is 2.84. The van der Waals surface area contributed by atoms with E-state index in [4.69, 9.17) is 14.2 Å². The molecule has 1 aromatic rings. The van der Waals surface area contributed by atoms with Gasteiger partial charge in [0.15, 0.2) is 0 Å². The van der Waals surface area contributed by atoms with Crippen LogP contribution in [-0.4, -0.2) is 27.1 Å². The molecule has 0 aliphatic carbocycles. The lowest BCUT2D eigenvalue weighted by Gasteiger charge is -2.16. The van der Waals surface area contributed by atoms with Gasteiger partial charge in [-0.05, 0) is 24.3 Å². The summed E-state index contributed by atoms with van der Waals surface area (Å²) >= 11 is 3.36. The monoisotopic (exact) mass is 274 g/mol. The number of benzene rings is 1. The fourth-order valence-electron chi connectivity index (χ4n) is 1.10. The molecule has 0 spiro atoms. The van der Waals surface area contributed by atoms with Gasteiger partial charge in [-0.15, -0.1) is 0 Å².